The molecule has 0 bridgehead atoms. The van der Waals surface area contributed by atoms with Gasteiger partial charge in [0.2, 0.25) is 5.91 Å². The van der Waals surface area contributed by atoms with Gasteiger partial charge in [0, 0.05) is 4.90 Å². The van der Waals surface area contributed by atoms with Gasteiger partial charge < -0.3 is 11.5 Å². The first-order chi connectivity index (χ1) is 6.11. The Labute approximate surface area is 79.3 Å². The van der Waals surface area contributed by atoms with Crippen LogP contribution in [0.2, 0.25) is 0 Å². The van der Waals surface area contributed by atoms with E-state index in [1.54, 1.807) is 6.07 Å². The summed E-state index contributed by atoms with van der Waals surface area (Å²) in [5.74, 6) is -0.823. The van der Waals surface area contributed by atoms with Gasteiger partial charge in [-0.1, -0.05) is 6.07 Å². The van der Waals surface area contributed by atoms with Crippen LogP contribution in [0.3, 0.4) is 0 Å². The number of halogens is 1. The lowest BCUT2D eigenvalue weighted by Gasteiger charge is -2.03. The summed E-state index contributed by atoms with van der Waals surface area (Å²) in [6.07, 6.45) is 0. The van der Waals surface area contributed by atoms with Gasteiger partial charge >= 0.3 is 0 Å². The molecule has 13 heavy (non-hydrogen) atoms. The molecule has 1 aromatic carbocycles. The van der Waals surface area contributed by atoms with Crippen molar-refractivity contribution in [2.75, 3.05) is 11.5 Å². The number of anilines is 1. The molecule has 0 heterocycles. The zero-order valence-electron chi connectivity index (χ0n) is 6.79. The predicted octanol–water partition coefficient (Wildman–Crippen LogP) is 0.985. The Kier molecular flexibility index (Phi) is 3.13. The molecule has 1 amide bonds. The third-order valence-corrected chi connectivity index (χ3v) is 2.48. The number of hydrogen-bond donors (Lipinski definition) is 2. The third kappa shape index (κ3) is 2.62. The van der Waals surface area contributed by atoms with Gasteiger partial charge in [-0.2, -0.15) is 0 Å². The first kappa shape index (κ1) is 9.85. The van der Waals surface area contributed by atoms with E-state index in [9.17, 15) is 9.18 Å². The Bertz CT molecular complexity index is 330. The molecule has 3 nitrogen and oxygen atoms in total. The van der Waals surface area contributed by atoms with Crippen LogP contribution in [0, 0.1) is 5.82 Å². The molecule has 4 N–H and O–H groups in total. The second-order valence-electron chi connectivity index (χ2n) is 2.41. The quantitative estimate of drug-likeness (QED) is 0.564. The first-order valence-corrected chi connectivity index (χ1v) is 4.55. The SMILES string of the molecule is NC(=O)CSc1cccc(F)c1N. The summed E-state index contributed by atoms with van der Waals surface area (Å²) >= 11 is 1.13. The van der Waals surface area contributed by atoms with E-state index in [4.69, 9.17) is 11.5 Å². The molecule has 0 aliphatic rings. The van der Waals surface area contributed by atoms with Crippen molar-refractivity contribution in [3.8, 4) is 0 Å². The second kappa shape index (κ2) is 4.13. The van der Waals surface area contributed by atoms with Crippen LogP contribution in [0.25, 0.3) is 0 Å². The largest absolute Gasteiger partial charge is 0.395 e. The molecule has 0 radical (unpaired) electrons. The van der Waals surface area contributed by atoms with E-state index >= 15 is 0 Å². The molecule has 0 atom stereocenters. The maximum atomic E-state index is 12.8. The van der Waals surface area contributed by atoms with E-state index in [-0.39, 0.29) is 11.4 Å². The maximum absolute atomic E-state index is 12.8. The Morgan fingerprint density at radius 2 is 2.23 bits per heavy atom. The van der Waals surface area contributed by atoms with Gasteiger partial charge in [-0.3, -0.25) is 4.79 Å². The summed E-state index contributed by atoms with van der Waals surface area (Å²) < 4.78 is 12.8. The van der Waals surface area contributed by atoms with E-state index in [0.29, 0.717) is 4.90 Å². The zero-order valence-corrected chi connectivity index (χ0v) is 7.60. The molecule has 0 aromatic heterocycles. The fourth-order valence-corrected chi connectivity index (χ4v) is 1.52. The lowest BCUT2D eigenvalue weighted by atomic mass is 10.3. The molecule has 1 aromatic rings. The summed E-state index contributed by atoms with van der Waals surface area (Å²) in [5, 5.41) is 0. The molecular weight excluding hydrogens is 191 g/mol. The topological polar surface area (TPSA) is 69.1 Å². The van der Waals surface area contributed by atoms with Crippen LogP contribution in [0.5, 0.6) is 0 Å². The minimum absolute atomic E-state index is 0.0637. The van der Waals surface area contributed by atoms with E-state index in [1.165, 1.54) is 12.1 Å². The normalized spacial score (nSPS) is 9.92. The number of nitrogen functional groups attached to an aromatic ring is 1. The first-order valence-electron chi connectivity index (χ1n) is 3.56. The van der Waals surface area contributed by atoms with Crippen molar-refractivity contribution in [2.45, 2.75) is 4.90 Å². The Hall–Kier alpha value is -1.23. The molecule has 0 aliphatic heterocycles. The minimum Gasteiger partial charge on any atom is -0.395 e. The van der Waals surface area contributed by atoms with Gasteiger partial charge in [-0.15, -0.1) is 11.8 Å². The van der Waals surface area contributed by atoms with Crippen LogP contribution in [0.15, 0.2) is 23.1 Å². The number of nitrogens with two attached hydrogens (primary N) is 2. The smallest absolute Gasteiger partial charge is 0.227 e. The van der Waals surface area contributed by atoms with Crippen molar-refractivity contribution < 1.29 is 9.18 Å². The van der Waals surface area contributed by atoms with E-state index < -0.39 is 11.7 Å². The van der Waals surface area contributed by atoms with Gasteiger partial charge in [0.15, 0.2) is 0 Å². The summed E-state index contributed by atoms with van der Waals surface area (Å²) in [5.41, 5.74) is 10.4. The number of primary amides is 1. The molecule has 0 aliphatic carbocycles. The molecular formula is C8H9FN2OS. The van der Waals surface area contributed by atoms with Gasteiger partial charge in [0.05, 0.1) is 11.4 Å². The highest BCUT2D eigenvalue weighted by Gasteiger charge is 2.05. The number of carbonyl (C=O) groups excluding carboxylic acids is 1. The predicted molar refractivity (Wildman–Crippen MR) is 50.7 cm³/mol. The lowest BCUT2D eigenvalue weighted by molar-refractivity contribution is -0.115. The number of benzene rings is 1. The lowest BCUT2D eigenvalue weighted by Crippen LogP contribution is -2.13. The van der Waals surface area contributed by atoms with Crippen LogP contribution in [0.1, 0.15) is 0 Å². The van der Waals surface area contributed by atoms with Gasteiger partial charge in [0.1, 0.15) is 5.82 Å². The van der Waals surface area contributed by atoms with Crippen LogP contribution >= 0.6 is 11.8 Å². The van der Waals surface area contributed by atoms with E-state index in [2.05, 4.69) is 0 Å². The number of para-hydroxylation sites is 1. The Morgan fingerprint density at radius 1 is 1.54 bits per heavy atom. The number of rotatable bonds is 3. The van der Waals surface area contributed by atoms with Crippen molar-refractivity contribution in [3.05, 3.63) is 24.0 Å². The molecule has 0 saturated carbocycles. The fraction of sp³-hybridized carbons (Fsp3) is 0.125. The Morgan fingerprint density at radius 3 is 2.85 bits per heavy atom. The van der Waals surface area contributed by atoms with Crippen molar-refractivity contribution in [2.24, 2.45) is 5.73 Å². The highest BCUT2D eigenvalue weighted by Crippen LogP contribution is 2.26. The average molecular weight is 200 g/mol. The standard InChI is InChI=1S/C8H9FN2OS/c9-5-2-1-3-6(8(5)11)13-4-7(10)12/h1-3H,4,11H2,(H2,10,12). The number of carbonyl (C=O) groups is 1. The molecule has 0 fully saturated rings. The molecule has 0 spiro atoms. The minimum atomic E-state index is -0.477. The number of amides is 1. The molecule has 70 valence electrons. The summed E-state index contributed by atoms with van der Waals surface area (Å²) in [6, 6.07) is 4.45. The van der Waals surface area contributed by atoms with Gasteiger partial charge in [-0.05, 0) is 12.1 Å². The van der Waals surface area contributed by atoms with Crippen molar-refractivity contribution >= 4 is 23.4 Å². The number of thioether (sulfide) groups is 1. The third-order valence-electron chi connectivity index (χ3n) is 1.38. The second-order valence-corrected chi connectivity index (χ2v) is 3.42. The van der Waals surface area contributed by atoms with Crippen LogP contribution in [-0.4, -0.2) is 11.7 Å². The van der Waals surface area contributed by atoms with Crippen LogP contribution in [0.4, 0.5) is 10.1 Å². The highest BCUT2D eigenvalue weighted by atomic mass is 32.2. The highest BCUT2D eigenvalue weighted by molar-refractivity contribution is 8.00. The van der Waals surface area contributed by atoms with E-state index in [1.807, 2.05) is 0 Å². The Balaban J connectivity index is 2.77. The molecule has 5 heteroatoms. The maximum Gasteiger partial charge on any atom is 0.227 e. The zero-order chi connectivity index (χ0) is 9.84. The van der Waals surface area contributed by atoms with Gasteiger partial charge in [0.25, 0.3) is 0 Å². The molecule has 1 rings (SSSR count). The van der Waals surface area contributed by atoms with Crippen LogP contribution in [-0.2, 0) is 4.79 Å². The van der Waals surface area contributed by atoms with Gasteiger partial charge in [-0.25, -0.2) is 4.39 Å². The summed E-state index contributed by atoms with van der Waals surface area (Å²) in [6.45, 7) is 0. The van der Waals surface area contributed by atoms with Crippen molar-refractivity contribution in [1.82, 2.24) is 0 Å². The summed E-state index contributed by atoms with van der Waals surface area (Å²) in [7, 11) is 0. The molecule has 0 unspecified atom stereocenters. The van der Waals surface area contributed by atoms with Crippen LogP contribution < -0.4 is 11.5 Å². The summed E-state index contributed by atoms with van der Waals surface area (Å²) in [4.78, 5) is 11.0. The fourth-order valence-electron chi connectivity index (χ4n) is 0.792. The van der Waals surface area contributed by atoms with Crippen molar-refractivity contribution in [1.29, 1.82) is 0 Å². The van der Waals surface area contributed by atoms with Crippen molar-refractivity contribution in [3.63, 3.8) is 0 Å². The van der Waals surface area contributed by atoms with E-state index in [0.717, 1.165) is 11.8 Å². The molecule has 0 saturated heterocycles. The average Bonchev–Trinajstić information content (AvgIpc) is 2.07. The number of hydrogen-bond acceptors (Lipinski definition) is 3. The monoisotopic (exact) mass is 200 g/mol.